The number of halogens is 2. The lowest BCUT2D eigenvalue weighted by molar-refractivity contribution is 0.0796. The van der Waals surface area contributed by atoms with E-state index in [2.05, 4.69) is 15.3 Å². The average molecular weight is 203 g/mol. The van der Waals surface area contributed by atoms with Crippen molar-refractivity contribution in [3.8, 4) is 5.88 Å². The van der Waals surface area contributed by atoms with Crippen LogP contribution in [0.2, 0.25) is 0 Å². The molecule has 0 aromatic carbocycles. The Morgan fingerprint density at radius 2 is 2.36 bits per heavy atom. The Balaban J connectivity index is 2.54. The second-order valence-electron chi connectivity index (χ2n) is 2.45. The fraction of sp³-hybridized carbons (Fsp3) is 0.500. The fourth-order valence-corrected chi connectivity index (χ4v) is 0.814. The third-order valence-electron chi connectivity index (χ3n) is 1.32. The molecule has 6 heteroatoms. The predicted octanol–water partition coefficient (Wildman–Crippen LogP) is 1.55. The second-order valence-corrected chi connectivity index (χ2v) is 2.45. The van der Waals surface area contributed by atoms with Crippen LogP contribution in [0.25, 0.3) is 0 Å². The lowest BCUT2D eigenvalue weighted by Gasteiger charge is -2.05. The minimum Gasteiger partial charge on any atom is -0.471 e. The molecule has 1 heterocycles. The van der Waals surface area contributed by atoms with Crippen LogP contribution in [0, 0.1) is 0 Å². The van der Waals surface area contributed by atoms with Crippen molar-refractivity contribution >= 4 is 5.95 Å². The highest BCUT2D eigenvalue weighted by Crippen LogP contribution is 2.08. The highest BCUT2D eigenvalue weighted by molar-refractivity contribution is 5.26. The van der Waals surface area contributed by atoms with Gasteiger partial charge in [-0.15, -0.1) is 0 Å². The molecule has 0 aliphatic carbocycles. The zero-order valence-electron chi connectivity index (χ0n) is 7.70. The van der Waals surface area contributed by atoms with E-state index in [1.807, 2.05) is 6.92 Å². The summed E-state index contributed by atoms with van der Waals surface area (Å²) >= 11 is 0. The minimum atomic E-state index is -2.49. The van der Waals surface area contributed by atoms with Gasteiger partial charge >= 0.3 is 0 Å². The predicted molar refractivity (Wildman–Crippen MR) is 47.7 cm³/mol. The molecule has 1 aromatic heterocycles. The Morgan fingerprint density at radius 3 is 3.00 bits per heavy atom. The molecule has 1 N–H and O–H groups in total. The van der Waals surface area contributed by atoms with Gasteiger partial charge in [0.15, 0.2) is 6.61 Å². The first-order chi connectivity index (χ1) is 6.72. The van der Waals surface area contributed by atoms with Gasteiger partial charge in [0, 0.05) is 18.8 Å². The summed E-state index contributed by atoms with van der Waals surface area (Å²) in [5.74, 6) is 0.524. The first-order valence-electron chi connectivity index (χ1n) is 4.20. The third kappa shape index (κ3) is 3.51. The number of hydrogen-bond acceptors (Lipinski definition) is 4. The van der Waals surface area contributed by atoms with Crippen LogP contribution in [0.15, 0.2) is 12.3 Å². The van der Waals surface area contributed by atoms with Crippen molar-refractivity contribution in [3.05, 3.63) is 12.3 Å². The van der Waals surface area contributed by atoms with Gasteiger partial charge in [-0.05, 0) is 6.92 Å². The summed E-state index contributed by atoms with van der Waals surface area (Å²) in [7, 11) is 0. The molecule has 4 nitrogen and oxygen atoms in total. The van der Waals surface area contributed by atoms with E-state index in [0.29, 0.717) is 12.5 Å². The molecule has 0 radical (unpaired) electrons. The number of ether oxygens (including phenoxy) is 1. The molecule has 0 saturated heterocycles. The van der Waals surface area contributed by atoms with Crippen LogP contribution in [-0.4, -0.2) is 29.5 Å². The van der Waals surface area contributed by atoms with E-state index in [9.17, 15) is 8.78 Å². The van der Waals surface area contributed by atoms with Gasteiger partial charge in [0.25, 0.3) is 6.43 Å². The zero-order chi connectivity index (χ0) is 10.4. The SMILES string of the molecule is CCNc1nccc(OCC(F)F)n1. The molecule has 0 unspecified atom stereocenters. The largest absolute Gasteiger partial charge is 0.471 e. The van der Waals surface area contributed by atoms with E-state index in [1.54, 1.807) is 0 Å². The number of aromatic nitrogens is 2. The summed E-state index contributed by atoms with van der Waals surface area (Å²) in [5.41, 5.74) is 0. The molecular weight excluding hydrogens is 192 g/mol. The Bertz CT molecular complexity index is 283. The topological polar surface area (TPSA) is 47.0 Å². The first-order valence-corrected chi connectivity index (χ1v) is 4.20. The van der Waals surface area contributed by atoms with Crippen molar-refractivity contribution in [2.45, 2.75) is 13.3 Å². The number of alkyl halides is 2. The summed E-state index contributed by atoms with van der Waals surface area (Å²) in [6.07, 6.45) is -1.04. The summed E-state index contributed by atoms with van der Waals surface area (Å²) < 4.78 is 28.3. The second kappa shape index (κ2) is 5.31. The van der Waals surface area contributed by atoms with E-state index in [4.69, 9.17) is 4.74 Å². The molecule has 0 aliphatic rings. The maximum atomic E-state index is 11.8. The van der Waals surface area contributed by atoms with Gasteiger partial charge in [-0.1, -0.05) is 0 Å². The number of anilines is 1. The van der Waals surface area contributed by atoms with Crippen molar-refractivity contribution in [3.63, 3.8) is 0 Å². The molecule has 1 rings (SSSR count). The van der Waals surface area contributed by atoms with E-state index in [-0.39, 0.29) is 5.88 Å². The highest BCUT2D eigenvalue weighted by atomic mass is 19.3. The van der Waals surface area contributed by atoms with Crippen LogP contribution in [0.4, 0.5) is 14.7 Å². The van der Waals surface area contributed by atoms with Crippen LogP contribution in [0.3, 0.4) is 0 Å². The van der Waals surface area contributed by atoms with Gasteiger partial charge in [0.1, 0.15) is 0 Å². The summed E-state index contributed by atoms with van der Waals surface area (Å²) in [4.78, 5) is 7.72. The van der Waals surface area contributed by atoms with Crippen molar-refractivity contribution in [1.82, 2.24) is 9.97 Å². The lowest BCUT2D eigenvalue weighted by Crippen LogP contribution is -2.09. The molecular formula is C8H11F2N3O. The van der Waals surface area contributed by atoms with E-state index in [1.165, 1.54) is 12.3 Å². The molecule has 0 aliphatic heterocycles. The fourth-order valence-electron chi connectivity index (χ4n) is 0.814. The standard InChI is InChI=1S/C8H11F2N3O/c1-2-11-8-12-4-3-7(13-8)14-5-6(9)10/h3-4,6H,2,5H2,1H3,(H,11,12,13). The molecule has 0 atom stereocenters. The maximum Gasteiger partial charge on any atom is 0.272 e. The third-order valence-corrected chi connectivity index (χ3v) is 1.32. The summed E-state index contributed by atoms with van der Waals surface area (Å²) in [6, 6.07) is 1.43. The van der Waals surface area contributed by atoms with Gasteiger partial charge in [-0.3, -0.25) is 0 Å². The van der Waals surface area contributed by atoms with Crippen molar-refractivity contribution in [2.75, 3.05) is 18.5 Å². The van der Waals surface area contributed by atoms with Crippen LogP contribution in [-0.2, 0) is 0 Å². The van der Waals surface area contributed by atoms with Crippen LogP contribution in [0.5, 0.6) is 5.88 Å². The number of nitrogens with one attached hydrogen (secondary N) is 1. The molecule has 0 fully saturated rings. The Labute approximate surface area is 80.3 Å². The minimum absolute atomic E-state index is 0.149. The lowest BCUT2D eigenvalue weighted by atomic mass is 10.6. The molecule has 14 heavy (non-hydrogen) atoms. The van der Waals surface area contributed by atoms with Crippen LogP contribution < -0.4 is 10.1 Å². The van der Waals surface area contributed by atoms with Gasteiger partial charge in [-0.2, -0.15) is 4.98 Å². The van der Waals surface area contributed by atoms with E-state index < -0.39 is 13.0 Å². The Kier molecular flexibility index (Phi) is 4.03. The van der Waals surface area contributed by atoms with Crippen LogP contribution >= 0.6 is 0 Å². The first kappa shape index (κ1) is 10.6. The average Bonchev–Trinajstić information content (AvgIpc) is 2.16. The van der Waals surface area contributed by atoms with Gasteiger partial charge in [0.2, 0.25) is 11.8 Å². The molecule has 1 aromatic rings. The smallest absolute Gasteiger partial charge is 0.272 e. The number of rotatable bonds is 5. The Hall–Kier alpha value is -1.46. The van der Waals surface area contributed by atoms with Gasteiger partial charge in [-0.25, -0.2) is 13.8 Å². The van der Waals surface area contributed by atoms with Crippen LogP contribution in [0.1, 0.15) is 6.92 Å². The van der Waals surface area contributed by atoms with Gasteiger partial charge in [0.05, 0.1) is 0 Å². The van der Waals surface area contributed by atoms with E-state index in [0.717, 1.165) is 0 Å². The Morgan fingerprint density at radius 1 is 1.57 bits per heavy atom. The summed E-state index contributed by atoms with van der Waals surface area (Å²) in [6.45, 7) is 1.90. The molecule has 0 saturated carbocycles. The normalized spacial score (nSPS) is 10.3. The number of hydrogen-bond donors (Lipinski definition) is 1. The van der Waals surface area contributed by atoms with E-state index >= 15 is 0 Å². The molecule has 78 valence electrons. The molecule has 0 bridgehead atoms. The zero-order valence-corrected chi connectivity index (χ0v) is 7.70. The maximum absolute atomic E-state index is 11.8. The van der Waals surface area contributed by atoms with Gasteiger partial charge < -0.3 is 10.1 Å². The molecule has 0 amide bonds. The van der Waals surface area contributed by atoms with Crippen molar-refractivity contribution in [2.24, 2.45) is 0 Å². The van der Waals surface area contributed by atoms with Crippen molar-refractivity contribution < 1.29 is 13.5 Å². The molecule has 0 spiro atoms. The quantitative estimate of drug-likeness (QED) is 0.788. The highest BCUT2D eigenvalue weighted by Gasteiger charge is 2.04. The monoisotopic (exact) mass is 203 g/mol. The summed E-state index contributed by atoms with van der Waals surface area (Å²) in [5, 5.41) is 2.85. The van der Waals surface area contributed by atoms with Crippen molar-refractivity contribution in [1.29, 1.82) is 0 Å². The number of nitrogens with zero attached hydrogens (tertiary/aromatic N) is 2.